The minimum atomic E-state index is -0.773. The van der Waals surface area contributed by atoms with Crippen molar-refractivity contribution in [3.05, 3.63) is 42.0 Å². The van der Waals surface area contributed by atoms with Crippen LogP contribution >= 0.6 is 0 Å². The summed E-state index contributed by atoms with van der Waals surface area (Å²) in [4.78, 5) is 11.5. The summed E-state index contributed by atoms with van der Waals surface area (Å²) in [5.74, 6) is 0.0226. The summed E-state index contributed by atoms with van der Waals surface area (Å²) >= 11 is 0. The number of ether oxygens (including phenoxy) is 1. The Kier molecular flexibility index (Phi) is 3.18. The monoisotopic (exact) mass is 232 g/mol. The molecule has 0 aromatic heterocycles. The molecule has 1 aromatic carbocycles. The predicted octanol–water partition coefficient (Wildman–Crippen LogP) is 2.76. The molecule has 0 saturated carbocycles. The second kappa shape index (κ2) is 4.62. The van der Waals surface area contributed by atoms with Crippen molar-refractivity contribution in [2.75, 3.05) is 6.61 Å². The van der Waals surface area contributed by atoms with E-state index in [-0.39, 0.29) is 0 Å². The third kappa shape index (κ3) is 2.05. The highest BCUT2D eigenvalue weighted by atomic mass is 16.5. The van der Waals surface area contributed by atoms with Crippen LogP contribution in [0, 0.1) is 0 Å². The van der Waals surface area contributed by atoms with E-state index in [1.54, 1.807) is 0 Å². The maximum absolute atomic E-state index is 11.5. The maximum Gasteiger partial charge on any atom is 0.314 e. The smallest absolute Gasteiger partial charge is 0.314 e. The van der Waals surface area contributed by atoms with Crippen molar-refractivity contribution in [3.63, 3.8) is 0 Å². The molecule has 0 atom stereocenters. The molecule has 0 saturated heterocycles. The molecule has 0 radical (unpaired) electrons. The van der Waals surface area contributed by atoms with E-state index >= 15 is 0 Å². The Hall–Kier alpha value is -1.77. The van der Waals surface area contributed by atoms with Gasteiger partial charge in [-0.3, -0.25) is 4.79 Å². The van der Waals surface area contributed by atoms with Crippen molar-refractivity contribution in [1.82, 2.24) is 0 Å². The summed E-state index contributed by atoms with van der Waals surface area (Å²) < 4.78 is 5.35. The highest BCUT2D eigenvalue weighted by Gasteiger charge is 2.40. The Labute approximate surface area is 101 Å². The molecular formula is C14H16O3. The fourth-order valence-corrected chi connectivity index (χ4v) is 2.22. The lowest BCUT2D eigenvalue weighted by Crippen LogP contribution is -2.32. The number of carboxylic acid groups (broad SMARTS) is 1. The van der Waals surface area contributed by atoms with Crippen LogP contribution in [0.5, 0.6) is 5.75 Å². The standard InChI is InChI=1S/C14H16O3/c1-2-17-12-7-5-11(6-8-12)14(13(15)16)9-3-4-10-14/h3-8H,2,9-10H2,1H3,(H,15,16). The van der Waals surface area contributed by atoms with E-state index < -0.39 is 11.4 Å². The molecule has 1 aliphatic rings. The number of allylic oxidation sites excluding steroid dienone is 2. The van der Waals surface area contributed by atoms with E-state index in [9.17, 15) is 9.90 Å². The summed E-state index contributed by atoms with van der Waals surface area (Å²) in [6.07, 6.45) is 5.00. The summed E-state index contributed by atoms with van der Waals surface area (Å²) in [6.45, 7) is 2.54. The lowest BCUT2D eigenvalue weighted by atomic mass is 9.78. The molecule has 3 nitrogen and oxygen atoms in total. The number of carbonyl (C=O) groups is 1. The van der Waals surface area contributed by atoms with E-state index in [1.807, 2.05) is 43.3 Å². The molecule has 0 amide bonds. The minimum absolute atomic E-state index is 0.566. The average molecular weight is 232 g/mol. The molecule has 1 N–H and O–H groups in total. The number of aliphatic carboxylic acids is 1. The molecule has 90 valence electrons. The van der Waals surface area contributed by atoms with Crippen LogP contribution in [0.2, 0.25) is 0 Å². The summed E-state index contributed by atoms with van der Waals surface area (Å²) in [7, 11) is 0. The van der Waals surface area contributed by atoms with Gasteiger partial charge in [0.2, 0.25) is 0 Å². The highest BCUT2D eigenvalue weighted by Crippen LogP contribution is 2.37. The van der Waals surface area contributed by atoms with Gasteiger partial charge in [0.15, 0.2) is 0 Å². The zero-order chi connectivity index (χ0) is 12.3. The molecule has 0 bridgehead atoms. The SMILES string of the molecule is CCOc1ccc(C2(C(=O)O)CC=CC2)cc1. The van der Waals surface area contributed by atoms with Crippen LogP contribution < -0.4 is 4.74 Å². The zero-order valence-corrected chi connectivity index (χ0v) is 9.85. The Morgan fingerprint density at radius 3 is 2.35 bits per heavy atom. The normalized spacial score (nSPS) is 17.0. The minimum Gasteiger partial charge on any atom is -0.494 e. The average Bonchev–Trinajstić information content (AvgIpc) is 2.81. The van der Waals surface area contributed by atoms with Crippen molar-refractivity contribution in [2.24, 2.45) is 0 Å². The number of hydrogen-bond acceptors (Lipinski definition) is 2. The second-order valence-electron chi connectivity index (χ2n) is 4.22. The Morgan fingerprint density at radius 1 is 1.29 bits per heavy atom. The predicted molar refractivity (Wildman–Crippen MR) is 65.3 cm³/mol. The molecule has 0 spiro atoms. The lowest BCUT2D eigenvalue weighted by Gasteiger charge is -2.24. The highest BCUT2D eigenvalue weighted by molar-refractivity contribution is 5.82. The number of rotatable bonds is 4. The summed E-state index contributed by atoms with van der Waals surface area (Å²) in [6, 6.07) is 7.38. The van der Waals surface area contributed by atoms with Crippen molar-refractivity contribution in [1.29, 1.82) is 0 Å². The molecule has 1 aliphatic carbocycles. The third-order valence-corrected chi connectivity index (χ3v) is 3.23. The van der Waals surface area contributed by atoms with E-state index in [2.05, 4.69) is 0 Å². The van der Waals surface area contributed by atoms with Crippen LogP contribution in [0.3, 0.4) is 0 Å². The maximum atomic E-state index is 11.5. The van der Waals surface area contributed by atoms with E-state index in [4.69, 9.17) is 4.74 Å². The Bertz CT molecular complexity index is 423. The van der Waals surface area contributed by atoms with Gasteiger partial charge in [-0.1, -0.05) is 24.3 Å². The number of carboxylic acids is 1. The van der Waals surface area contributed by atoms with Gasteiger partial charge in [0.1, 0.15) is 5.75 Å². The van der Waals surface area contributed by atoms with Gasteiger partial charge in [0, 0.05) is 0 Å². The van der Waals surface area contributed by atoms with Crippen LogP contribution in [0.15, 0.2) is 36.4 Å². The first-order chi connectivity index (χ1) is 8.19. The van der Waals surface area contributed by atoms with Crippen molar-refractivity contribution < 1.29 is 14.6 Å². The second-order valence-corrected chi connectivity index (χ2v) is 4.22. The van der Waals surface area contributed by atoms with Crippen molar-refractivity contribution in [2.45, 2.75) is 25.2 Å². The molecule has 0 heterocycles. The van der Waals surface area contributed by atoms with Gasteiger partial charge in [-0.15, -0.1) is 0 Å². The molecule has 0 aliphatic heterocycles. The molecule has 3 heteroatoms. The van der Waals surface area contributed by atoms with Crippen LogP contribution in [0.25, 0.3) is 0 Å². The van der Waals surface area contributed by atoms with Crippen molar-refractivity contribution in [3.8, 4) is 5.75 Å². The first kappa shape index (κ1) is 11.7. The van der Waals surface area contributed by atoms with Gasteiger partial charge < -0.3 is 9.84 Å². The van der Waals surface area contributed by atoms with Gasteiger partial charge in [-0.25, -0.2) is 0 Å². The third-order valence-electron chi connectivity index (χ3n) is 3.23. The quantitative estimate of drug-likeness (QED) is 0.812. The lowest BCUT2D eigenvalue weighted by molar-refractivity contribution is -0.143. The van der Waals surface area contributed by atoms with E-state index in [1.165, 1.54) is 0 Å². The molecular weight excluding hydrogens is 216 g/mol. The van der Waals surface area contributed by atoms with Crippen LogP contribution in [0.1, 0.15) is 25.3 Å². The fraction of sp³-hybridized carbons (Fsp3) is 0.357. The first-order valence-corrected chi connectivity index (χ1v) is 5.81. The van der Waals surface area contributed by atoms with Crippen molar-refractivity contribution >= 4 is 5.97 Å². The molecule has 1 aromatic rings. The molecule has 2 rings (SSSR count). The fourth-order valence-electron chi connectivity index (χ4n) is 2.22. The van der Waals surface area contributed by atoms with Crippen LogP contribution in [0.4, 0.5) is 0 Å². The summed E-state index contributed by atoms with van der Waals surface area (Å²) in [5, 5.41) is 9.42. The van der Waals surface area contributed by atoms with Gasteiger partial charge >= 0.3 is 5.97 Å². The Balaban J connectivity index is 2.29. The van der Waals surface area contributed by atoms with Gasteiger partial charge in [-0.2, -0.15) is 0 Å². The zero-order valence-electron chi connectivity index (χ0n) is 9.85. The van der Waals surface area contributed by atoms with Gasteiger partial charge in [-0.05, 0) is 37.5 Å². The Morgan fingerprint density at radius 2 is 1.88 bits per heavy atom. The largest absolute Gasteiger partial charge is 0.494 e. The topological polar surface area (TPSA) is 46.5 Å². The summed E-state index contributed by atoms with van der Waals surface area (Å²) in [5.41, 5.74) is 0.0727. The molecule has 17 heavy (non-hydrogen) atoms. The molecule has 0 unspecified atom stereocenters. The number of hydrogen-bond donors (Lipinski definition) is 1. The van der Waals surface area contributed by atoms with Gasteiger partial charge in [0.25, 0.3) is 0 Å². The van der Waals surface area contributed by atoms with E-state index in [0.29, 0.717) is 19.4 Å². The van der Waals surface area contributed by atoms with Gasteiger partial charge in [0.05, 0.1) is 12.0 Å². The number of benzene rings is 1. The molecule has 0 fully saturated rings. The van der Waals surface area contributed by atoms with Crippen LogP contribution in [-0.2, 0) is 10.2 Å². The first-order valence-electron chi connectivity index (χ1n) is 5.81. The van der Waals surface area contributed by atoms with Crippen LogP contribution in [-0.4, -0.2) is 17.7 Å². The van der Waals surface area contributed by atoms with E-state index in [0.717, 1.165) is 11.3 Å².